The Balaban J connectivity index is 1.98. The molecule has 4 aliphatic carbocycles. The predicted octanol–water partition coefficient (Wildman–Crippen LogP) is 2.51. The molecule has 0 aliphatic heterocycles. The number of halogens is 1. The number of alkyl halides is 1. The lowest BCUT2D eigenvalue weighted by molar-refractivity contribution is -0.110. The second-order valence-electron chi connectivity index (χ2n) is 5.34. The van der Waals surface area contributed by atoms with Crippen LogP contribution in [-0.2, 0) is 0 Å². The average Bonchev–Trinajstić information content (AvgIpc) is 1.75. The zero-order chi connectivity index (χ0) is 8.40. The van der Waals surface area contributed by atoms with Gasteiger partial charge in [-0.3, -0.25) is 0 Å². The highest BCUT2D eigenvalue weighted by molar-refractivity contribution is 14.1. The minimum absolute atomic E-state index is 0.245. The summed E-state index contributed by atoms with van der Waals surface area (Å²) >= 11 is 2.62. The fourth-order valence-corrected chi connectivity index (χ4v) is 6.06. The highest BCUT2D eigenvalue weighted by atomic mass is 127. The Morgan fingerprint density at radius 1 is 1.08 bits per heavy atom. The molecule has 0 aromatic carbocycles. The predicted molar refractivity (Wildman–Crippen MR) is 56.4 cm³/mol. The van der Waals surface area contributed by atoms with Gasteiger partial charge in [0.25, 0.3) is 0 Å². The minimum Gasteiger partial charge on any atom is -0.390 e. The quantitative estimate of drug-likeness (QED) is 0.533. The van der Waals surface area contributed by atoms with Crippen LogP contribution < -0.4 is 0 Å². The summed E-state index contributed by atoms with van der Waals surface area (Å²) in [5.41, 5.74) is -0.245. The Labute approximate surface area is 87.1 Å². The van der Waals surface area contributed by atoms with Crippen LogP contribution in [0.4, 0.5) is 0 Å². The molecule has 12 heavy (non-hydrogen) atoms. The molecule has 0 amide bonds. The molecule has 0 aromatic rings. The van der Waals surface area contributed by atoms with Gasteiger partial charge in [-0.1, -0.05) is 22.6 Å². The van der Waals surface area contributed by atoms with E-state index in [-0.39, 0.29) is 5.60 Å². The molecule has 0 heterocycles. The highest BCUT2D eigenvalue weighted by Gasteiger charge is 2.55. The van der Waals surface area contributed by atoms with Crippen molar-refractivity contribution in [1.82, 2.24) is 0 Å². The van der Waals surface area contributed by atoms with Crippen LogP contribution in [-0.4, -0.2) is 14.1 Å². The van der Waals surface area contributed by atoms with E-state index in [1.54, 1.807) is 0 Å². The Morgan fingerprint density at radius 2 is 1.67 bits per heavy atom. The molecule has 2 heteroatoms. The van der Waals surface area contributed by atoms with Gasteiger partial charge in [-0.05, 0) is 50.4 Å². The lowest BCUT2D eigenvalue weighted by Crippen LogP contribution is -2.56. The van der Waals surface area contributed by atoms with Crippen LogP contribution in [0, 0.1) is 11.8 Å². The number of rotatable bonds is 0. The zero-order valence-corrected chi connectivity index (χ0v) is 9.38. The Kier molecular flexibility index (Phi) is 1.47. The third-order valence-corrected chi connectivity index (χ3v) is 5.22. The second-order valence-corrected chi connectivity index (χ2v) is 7.62. The smallest absolute Gasteiger partial charge is 0.0665 e. The van der Waals surface area contributed by atoms with Gasteiger partial charge < -0.3 is 5.11 Å². The van der Waals surface area contributed by atoms with Crippen molar-refractivity contribution in [2.75, 3.05) is 0 Å². The molecule has 4 fully saturated rings. The summed E-state index contributed by atoms with van der Waals surface area (Å²) in [7, 11) is 0. The van der Waals surface area contributed by atoms with E-state index < -0.39 is 0 Å². The van der Waals surface area contributed by atoms with Crippen molar-refractivity contribution in [1.29, 1.82) is 0 Å². The second kappa shape index (κ2) is 2.19. The molecule has 2 atom stereocenters. The van der Waals surface area contributed by atoms with Crippen molar-refractivity contribution in [3.63, 3.8) is 0 Å². The van der Waals surface area contributed by atoms with Crippen LogP contribution in [0.5, 0.6) is 0 Å². The number of hydrogen-bond donors (Lipinski definition) is 1. The number of aliphatic hydroxyl groups is 1. The van der Waals surface area contributed by atoms with E-state index in [1.807, 2.05) is 0 Å². The molecule has 4 aliphatic rings. The van der Waals surface area contributed by atoms with E-state index in [2.05, 4.69) is 22.6 Å². The molecule has 0 aromatic heterocycles. The molecule has 4 rings (SSSR count). The molecule has 0 saturated heterocycles. The van der Waals surface area contributed by atoms with Gasteiger partial charge >= 0.3 is 0 Å². The van der Waals surface area contributed by atoms with Crippen LogP contribution in [0.25, 0.3) is 0 Å². The SMILES string of the molecule is OC12CC3CC(C1)CC(I)(C3)C2. The summed E-state index contributed by atoms with van der Waals surface area (Å²) in [6, 6.07) is 0. The van der Waals surface area contributed by atoms with Gasteiger partial charge in [0.2, 0.25) is 0 Å². The standard InChI is InChI=1S/C10H15IO/c11-9-2-7-1-8(3-9)5-10(12,4-7)6-9/h7-8,12H,1-6H2. The zero-order valence-electron chi connectivity index (χ0n) is 7.22. The van der Waals surface area contributed by atoms with Gasteiger partial charge in [-0.25, -0.2) is 0 Å². The molecule has 4 saturated carbocycles. The van der Waals surface area contributed by atoms with Gasteiger partial charge in [0.05, 0.1) is 5.60 Å². The van der Waals surface area contributed by atoms with Gasteiger partial charge in [0.1, 0.15) is 0 Å². The summed E-state index contributed by atoms with van der Waals surface area (Å²) in [6.07, 6.45) is 7.46. The van der Waals surface area contributed by atoms with Crippen LogP contribution in [0.3, 0.4) is 0 Å². The number of hydrogen-bond acceptors (Lipinski definition) is 1. The van der Waals surface area contributed by atoms with Crippen LogP contribution >= 0.6 is 22.6 Å². The first-order valence-electron chi connectivity index (χ1n) is 4.98. The molecule has 2 unspecified atom stereocenters. The highest BCUT2D eigenvalue weighted by Crippen LogP contribution is 2.60. The largest absolute Gasteiger partial charge is 0.390 e. The van der Waals surface area contributed by atoms with Crippen molar-refractivity contribution >= 4 is 22.6 Å². The molecular weight excluding hydrogens is 263 g/mol. The van der Waals surface area contributed by atoms with E-state index >= 15 is 0 Å². The summed E-state index contributed by atoms with van der Waals surface area (Å²) in [4.78, 5) is 0. The summed E-state index contributed by atoms with van der Waals surface area (Å²) in [6.45, 7) is 0. The van der Waals surface area contributed by atoms with E-state index in [9.17, 15) is 5.11 Å². The van der Waals surface area contributed by atoms with Crippen molar-refractivity contribution in [3.05, 3.63) is 0 Å². The molecule has 4 bridgehead atoms. The maximum absolute atomic E-state index is 10.3. The van der Waals surface area contributed by atoms with E-state index in [1.165, 1.54) is 19.3 Å². The third-order valence-electron chi connectivity index (χ3n) is 3.96. The molecule has 0 spiro atoms. The normalized spacial score (nSPS) is 62.5. The fraction of sp³-hybridized carbons (Fsp3) is 1.00. The Morgan fingerprint density at radius 3 is 2.08 bits per heavy atom. The Bertz CT molecular complexity index is 192. The lowest BCUT2D eigenvalue weighted by Gasteiger charge is -2.58. The topological polar surface area (TPSA) is 20.2 Å². The summed E-state index contributed by atoms with van der Waals surface area (Å²) in [5.74, 6) is 1.71. The van der Waals surface area contributed by atoms with E-state index in [4.69, 9.17) is 0 Å². The summed E-state index contributed by atoms with van der Waals surface area (Å²) in [5, 5.41) is 10.3. The van der Waals surface area contributed by atoms with Crippen LogP contribution in [0.15, 0.2) is 0 Å². The molecule has 1 N–H and O–H groups in total. The monoisotopic (exact) mass is 278 g/mol. The lowest BCUT2D eigenvalue weighted by atomic mass is 9.54. The van der Waals surface area contributed by atoms with Gasteiger partial charge in [-0.15, -0.1) is 0 Å². The summed E-state index contributed by atoms with van der Waals surface area (Å²) < 4.78 is 0.483. The molecule has 68 valence electrons. The minimum atomic E-state index is -0.245. The van der Waals surface area contributed by atoms with Gasteiger partial charge in [0.15, 0.2) is 0 Å². The maximum Gasteiger partial charge on any atom is 0.0665 e. The Hall–Kier alpha value is 0.690. The first-order valence-corrected chi connectivity index (χ1v) is 6.06. The van der Waals surface area contributed by atoms with Crippen molar-refractivity contribution in [3.8, 4) is 0 Å². The van der Waals surface area contributed by atoms with Crippen LogP contribution in [0.1, 0.15) is 38.5 Å². The average molecular weight is 278 g/mol. The molecule has 1 nitrogen and oxygen atoms in total. The van der Waals surface area contributed by atoms with E-state index in [0.29, 0.717) is 3.42 Å². The first-order chi connectivity index (χ1) is 5.57. The van der Waals surface area contributed by atoms with Gasteiger partial charge in [0, 0.05) is 3.42 Å². The van der Waals surface area contributed by atoms with Crippen molar-refractivity contribution in [2.24, 2.45) is 11.8 Å². The van der Waals surface area contributed by atoms with Crippen molar-refractivity contribution < 1.29 is 5.11 Å². The third kappa shape index (κ3) is 1.07. The molecule has 0 radical (unpaired) electrons. The first kappa shape index (κ1) is 8.04. The van der Waals surface area contributed by atoms with Gasteiger partial charge in [-0.2, -0.15) is 0 Å². The fourth-order valence-electron chi connectivity index (χ4n) is 4.10. The van der Waals surface area contributed by atoms with Crippen LogP contribution in [0.2, 0.25) is 0 Å². The molecular formula is C10H15IO. The maximum atomic E-state index is 10.3. The van der Waals surface area contributed by atoms with Crippen molar-refractivity contribution in [2.45, 2.75) is 47.5 Å². The van der Waals surface area contributed by atoms with E-state index in [0.717, 1.165) is 31.1 Å².